The topological polar surface area (TPSA) is 58.0 Å². The molecule has 0 atom stereocenters. The van der Waals surface area contributed by atoms with Gasteiger partial charge in [0.15, 0.2) is 0 Å². The molecule has 0 aliphatic carbocycles. The first kappa shape index (κ1) is 23.7. The second kappa shape index (κ2) is 9.67. The van der Waals surface area contributed by atoms with Gasteiger partial charge in [-0.1, -0.05) is 12.1 Å². The quantitative estimate of drug-likeness (QED) is 0.692. The van der Waals surface area contributed by atoms with Crippen LogP contribution in [0.1, 0.15) is 55.7 Å². The fourth-order valence-electron chi connectivity index (χ4n) is 3.99. The molecule has 7 heteroatoms. The lowest BCUT2D eigenvalue weighted by Gasteiger charge is -2.34. The second-order valence-electron chi connectivity index (χ2n) is 9.72. The van der Waals surface area contributed by atoms with E-state index in [4.69, 9.17) is 4.74 Å². The summed E-state index contributed by atoms with van der Waals surface area (Å²) in [6.45, 7) is 7.43. The lowest BCUT2D eigenvalue weighted by Crippen LogP contribution is -2.42. The van der Waals surface area contributed by atoms with Crippen LogP contribution in [0.25, 0.3) is 0 Å². The molecule has 0 saturated carbocycles. The van der Waals surface area contributed by atoms with Crippen molar-refractivity contribution in [3.63, 3.8) is 0 Å². The third kappa shape index (κ3) is 5.84. The number of anilines is 1. The molecule has 1 aliphatic heterocycles. The van der Waals surface area contributed by atoms with Gasteiger partial charge in [0.25, 0.3) is 5.91 Å². The molecule has 0 bridgehead atoms. The van der Waals surface area contributed by atoms with E-state index in [1.54, 1.807) is 9.80 Å². The van der Waals surface area contributed by atoms with Crippen LogP contribution in [-0.4, -0.2) is 66.2 Å². The zero-order valence-corrected chi connectivity index (χ0v) is 20.2. The molecule has 1 aromatic carbocycles. The normalized spacial score (nSPS) is 14.9. The fourth-order valence-corrected chi connectivity index (χ4v) is 3.99. The monoisotopic (exact) mass is 440 g/mol. The molecule has 1 saturated heterocycles. The number of benzene rings is 1. The van der Waals surface area contributed by atoms with Gasteiger partial charge < -0.3 is 24.0 Å². The van der Waals surface area contributed by atoms with Crippen LogP contribution >= 0.6 is 0 Å². The molecule has 0 radical (unpaired) electrons. The Labute approximate surface area is 191 Å². The largest absolute Gasteiger partial charge is 0.444 e. The Balaban J connectivity index is 1.61. The van der Waals surface area contributed by atoms with Crippen LogP contribution < -0.4 is 4.90 Å². The fraction of sp³-hybridized carbons (Fsp3) is 0.520. The van der Waals surface area contributed by atoms with Crippen molar-refractivity contribution in [3.8, 4) is 0 Å². The Morgan fingerprint density at radius 1 is 1.03 bits per heavy atom. The molecular formula is C25H36N4O3. The standard InChI is InChI=1S/C25H36N4O3/c1-25(2,3)32-24(31)28-16-13-21(14-17-28)29-15-7-8-22(29)23(30)27(6)18-19-9-11-20(12-10-19)26(4)5/h7-12,15,21H,13-14,16-18H2,1-6H3. The highest BCUT2D eigenvalue weighted by atomic mass is 16.6. The van der Waals surface area contributed by atoms with Crippen molar-refractivity contribution < 1.29 is 14.3 Å². The molecule has 1 aliphatic rings. The summed E-state index contributed by atoms with van der Waals surface area (Å²) in [6, 6.07) is 12.2. The van der Waals surface area contributed by atoms with Gasteiger partial charge in [0, 0.05) is 58.7 Å². The first-order valence-electron chi connectivity index (χ1n) is 11.2. The summed E-state index contributed by atoms with van der Waals surface area (Å²) in [5.41, 5.74) is 2.42. The molecule has 0 spiro atoms. The van der Waals surface area contributed by atoms with E-state index in [0.717, 1.165) is 24.1 Å². The predicted octanol–water partition coefficient (Wildman–Crippen LogP) is 4.40. The number of hydrogen-bond acceptors (Lipinski definition) is 4. The van der Waals surface area contributed by atoms with Gasteiger partial charge in [-0.3, -0.25) is 4.79 Å². The Morgan fingerprint density at radius 2 is 1.66 bits per heavy atom. The van der Waals surface area contributed by atoms with E-state index in [-0.39, 0.29) is 18.0 Å². The van der Waals surface area contributed by atoms with Crippen molar-refractivity contribution in [2.24, 2.45) is 0 Å². The first-order chi connectivity index (χ1) is 15.0. The Kier molecular flexibility index (Phi) is 7.16. The molecule has 3 rings (SSSR count). The highest BCUT2D eigenvalue weighted by Gasteiger charge is 2.29. The second-order valence-corrected chi connectivity index (χ2v) is 9.72. The summed E-state index contributed by atoms with van der Waals surface area (Å²) in [5.74, 6) is 0.00116. The molecule has 1 aromatic heterocycles. The molecule has 32 heavy (non-hydrogen) atoms. The molecule has 174 valence electrons. The Bertz CT molecular complexity index is 919. The predicted molar refractivity (Wildman–Crippen MR) is 127 cm³/mol. The smallest absolute Gasteiger partial charge is 0.410 e. The molecule has 2 heterocycles. The summed E-state index contributed by atoms with van der Waals surface area (Å²) in [6.07, 6.45) is 3.30. The minimum atomic E-state index is -0.495. The van der Waals surface area contributed by atoms with E-state index in [1.807, 2.05) is 60.2 Å². The van der Waals surface area contributed by atoms with Crippen molar-refractivity contribution in [3.05, 3.63) is 53.9 Å². The number of carbonyl (C=O) groups excluding carboxylic acids is 2. The lowest BCUT2D eigenvalue weighted by atomic mass is 10.0. The average molecular weight is 441 g/mol. The van der Waals surface area contributed by atoms with E-state index in [2.05, 4.69) is 33.7 Å². The van der Waals surface area contributed by atoms with Crippen LogP contribution in [-0.2, 0) is 11.3 Å². The molecular weight excluding hydrogens is 404 g/mol. The first-order valence-corrected chi connectivity index (χ1v) is 11.2. The van der Waals surface area contributed by atoms with Gasteiger partial charge in [0.05, 0.1) is 0 Å². The molecule has 7 nitrogen and oxygen atoms in total. The molecule has 1 fully saturated rings. The summed E-state index contributed by atoms with van der Waals surface area (Å²) < 4.78 is 7.56. The van der Waals surface area contributed by atoms with Gasteiger partial charge in [0.2, 0.25) is 0 Å². The number of amides is 2. The minimum absolute atomic E-state index is 0.00116. The third-order valence-electron chi connectivity index (χ3n) is 5.73. The van der Waals surface area contributed by atoms with Gasteiger partial charge in [-0.2, -0.15) is 0 Å². The van der Waals surface area contributed by atoms with Gasteiger partial charge in [-0.25, -0.2) is 4.79 Å². The van der Waals surface area contributed by atoms with Crippen molar-refractivity contribution >= 4 is 17.7 Å². The minimum Gasteiger partial charge on any atom is -0.444 e. The van der Waals surface area contributed by atoms with E-state index >= 15 is 0 Å². The lowest BCUT2D eigenvalue weighted by molar-refractivity contribution is 0.0186. The van der Waals surface area contributed by atoms with Crippen molar-refractivity contribution in [2.75, 3.05) is 39.1 Å². The Morgan fingerprint density at radius 3 is 2.22 bits per heavy atom. The maximum Gasteiger partial charge on any atom is 0.410 e. The van der Waals surface area contributed by atoms with Crippen LogP contribution in [0.3, 0.4) is 0 Å². The zero-order valence-electron chi connectivity index (χ0n) is 20.2. The third-order valence-corrected chi connectivity index (χ3v) is 5.73. The maximum absolute atomic E-state index is 13.2. The number of ether oxygens (including phenoxy) is 1. The van der Waals surface area contributed by atoms with Gasteiger partial charge in [-0.05, 0) is 63.4 Å². The average Bonchev–Trinajstić information content (AvgIpc) is 3.22. The van der Waals surface area contributed by atoms with E-state index in [9.17, 15) is 9.59 Å². The highest BCUT2D eigenvalue weighted by molar-refractivity contribution is 5.92. The number of piperidine rings is 1. The zero-order chi connectivity index (χ0) is 23.5. The summed E-state index contributed by atoms with van der Waals surface area (Å²) >= 11 is 0. The SMILES string of the molecule is CN(Cc1ccc(N(C)C)cc1)C(=O)c1cccn1C1CCN(C(=O)OC(C)(C)C)CC1. The van der Waals surface area contributed by atoms with Crippen molar-refractivity contribution in [2.45, 2.75) is 51.8 Å². The van der Waals surface area contributed by atoms with Crippen LogP contribution in [0, 0.1) is 0 Å². The molecule has 2 amide bonds. The highest BCUT2D eigenvalue weighted by Crippen LogP contribution is 2.26. The van der Waals surface area contributed by atoms with Crippen LogP contribution in [0.4, 0.5) is 10.5 Å². The number of aromatic nitrogens is 1. The summed E-state index contributed by atoms with van der Waals surface area (Å²) in [7, 11) is 5.86. The maximum atomic E-state index is 13.2. The van der Waals surface area contributed by atoms with Crippen LogP contribution in [0.2, 0.25) is 0 Å². The molecule has 0 unspecified atom stereocenters. The van der Waals surface area contributed by atoms with Crippen LogP contribution in [0.15, 0.2) is 42.6 Å². The van der Waals surface area contributed by atoms with E-state index in [1.165, 1.54) is 0 Å². The van der Waals surface area contributed by atoms with Gasteiger partial charge in [-0.15, -0.1) is 0 Å². The number of carbonyl (C=O) groups is 2. The van der Waals surface area contributed by atoms with Crippen molar-refractivity contribution in [1.82, 2.24) is 14.4 Å². The molecule has 2 aromatic rings. The van der Waals surface area contributed by atoms with Crippen molar-refractivity contribution in [1.29, 1.82) is 0 Å². The Hall–Kier alpha value is -2.96. The van der Waals surface area contributed by atoms with Gasteiger partial charge >= 0.3 is 6.09 Å². The van der Waals surface area contributed by atoms with E-state index < -0.39 is 5.60 Å². The number of likely N-dealkylation sites (tertiary alicyclic amines) is 1. The number of hydrogen-bond donors (Lipinski definition) is 0. The number of nitrogens with zero attached hydrogens (tertiary/aromatic N) is 4. The molecule has 0 N–H and O–H groups in total. The summed E-state index contributed by atoms with van der Waals surface area (Å²) in [4.78, 5) is 31.1. The van der Waals surface area contributed by atoms with Gasteiger partial charge in [0.1, 0.15) is 11.3 Å². The number of rotatable bonds is 5. The van der Waals surface area contributed by atoms with E-state index in [0.29, 0.717) is 25.3 Å². The van der Waals surface area contributed by atoms with Crippen LogP contribution in [0.5, 0.6) is 0 Å². The summed E-state index contributed by atoms with van der Waals surface area (Å²) in [5, 5.41) is 0.